The van der Waals surface area contributed by atoms with E-state index in [0.29, 0.717) is 30.0 Å². The molecule has 2 aromatic heterocycles. The van der Waals surface area contributed by atoms with E-state index < -0.39 is 0 Å². The molecule has 0 atom stereocenters. The number of aromatic nitrogens is 5. The van der Waals surface area contributed by atoms with Crippen LogP contribution in [0.2, 0.25) is 0 Å². The predicted molar refractivity (Wildman–Crippen MR) is 85.4 cm³/mol. The molecule has 0 aliphatic carbocycles. The highest BCUT2D eigenvalue weighted by atomic mass is 32.2. The Morgan fingerprint density at radius 1 is 1.39 bits per heavy atom. The number of carbonyl (C=O) groups is 1. The Balaban J connectivity index is 2.34. The lowest BCUT2D eigenvalue weighted by atomic mass is 10.3. The van der Waals surface area contributed by atoms with Crippen molar-refractivity contribution in [3.63, 3.8) is 0 Å². The number of methoxy groups -OCH3 is 2. The van der Waals surface area contributed by atoms with Gasteiger partial charge in [0.2, 0.25) is 11.8 Å². The van der Waals surface area contributed by atoms with E-state index in [1.807, 2.05) is 17.8 Å². The number of hydrogen-bond donors (Lipinski definition) is 1. The van der Waals surface area contributed by atoms with Crippen molar-refractivity contribution in [3.05, 3.63) is 6.20 Å². The van der Waals surface area contributed by atoms with Gasteiger partial charge in [0.25, 0.3) is 0 Å². The summed E-state index contributed by atoms with van der Waals surface area (Å²) in [7, 11) is 6.60. The van der Waals surface area contributed by atoms with E-state index in [1.165, 1.54) is 11.8 Å². The maximum Gasteiger partial charge on any atom is 0.243 e. The molecule has 0 fully saturated rings. The highest BCUT2D eigenvalue weighted by Gasteiger charge is 2.20. The third kappa shape index (κ3) is 4.02. The van der Waals surface area contributed by atoms with E-state index >= 15 is 0 Å². The molecule has 126 valence electrons. The maximum atomic E-state index is 11.4. The maximum absolute atomic E-state index is 11.4. The van der Waals surface area contributed by atoms with E-state index in [4.69, 9.17) is 9.47 Å². The molecule has 0 bridgehead atoms. The van der Waals surface area contributed by atoms with Crippen LogP contribution in [0.3, 0.4) is 0 Å². The predicted octanol–water partition coefficient (Wildman–Crippen LogP) is 0.172. The van der Waals surface area contributed by atoms with Gasteiger partial charge >= 0.3 is 0 Å². The van der Waals surface area contributed by atoms with Gasteiger partial charge in [0.1, 0.15) is 5.56 Å². The molecule has 0 radical (unpaired) electrons. The van der Waals surface area contributed by atoms with Crippen molar-refractivity contribution in [2.24, 2.45) is 7.05 Å². The molecule has 0 aliphatic heterocycles. The topological polar surface area (TPSA) is 96.1 Å². The first-order valence-corrected chi connectivity index (χ1v) is 7.92. The van der Waals surface area contributed by atoms with Crippen molar-refractivity contribution in [2.75, 3.05) is 33.6 Å². The molecule has 10 heteroatoms. The molecule has 2 rings (SSSR count). The fourth-order valence-corrected chi connectivity index (χ4v) is 2.79. The lowest BCUT2D eigenvalue weighted by Gasteiger charge is -2.09. The van der Waals surface area contributed by atoms with E-state index in [-0.39, 0.29) is 11.7 Å². The molecule has 2 aromatic rings. The lowest BCUT2D eigenvalue weighted by molar-refractivity contribution is -0.118. The Morgan fingerprint density at radius 3 is 2.83 bits per heavy atom. The number of ether oxygens (including phenoxy) is 2. The Morgan fingerprint density at radius 2 is 2.17 bits per heavy atom. The summed E-state index contributed by atoms with van der Waals surface area (Å²) < 4.78 is 14.0. The van der Waals surface area contributed by atoms with Gasteiger partial charge in [0.05, 0.1) is 26.0 Å². The van der Waals surface area contributed by atoms with Crippen LogP contribution in [-0.2, 0) is 23.1 Å². The van der Waals surface area contributed by atoms with Crippen LogP contribution in [-0.4, -0.2) is 64.1 Å². The van der Waals surface area contributed by atoms with Crippen molar-refractivity contribution in [1.29, 1.82) is 0 Å². The average molecular weight is 340 g/mol. The second-order valence-corrected chi connectivity index (χ2v) is 5.58. The second kappa shape index (κ2) is 7.97. The summed E-state index contributed by atoms with van der Waals surface area (Å²) in [5, 5.41) is 15.9. The number of nitrogens with zero attached hydrogens (tertiary/aromatic N) is 5. The molecule has 0 saturated heterocycles. The molecule has 2 heterocycles. The van der Waals surface area contributed by atoms with Gasteiger partial charge in [-0.3, -0.25) is 14.0 Å². The fourth-order valence-electron chi connectivity index (χ4n) is 1.95. The number of carbonyl (C=O) groups excluding carboxylic acids is 1. The molecule has 0 saturated carbocycles. The molecule has 1 N–H and O–H groups in total. The van der Waals surface area contributed by atoms with Crippen molar-refractivity contribution in [1.82, 2.24) is 29.9 Å². The summed E-state index contributed by atoms with van der Waals surface area (Å²) in [5.41, 5.74) is 0.741. The zero-order valence-electron chi connectivity index (χ0n) is 13.6. The number of rotatable bonds is 8. The summed E-state index contributed by atoms with van der Waals surface area (Å²) in [5.74, 6) is 1.30. The van der Waals surface area contributed by atoms with E-state index in [1.54, 1.807) is 25.9 Å². The summed E-state index contributed by atoms with van der Waals surface area (Å²) in [6.07, 6.45) is 1.82. The quantitative estimate of drug-likeness (QED) is 0.684. The molecule has 1 amide bonds. The summed E-state index contributed by atoms with van der Waals surface area (Å²) in [4.78, 5) is 11.4. The van der Waals surface area contributed by atoms with Crippen molar-refractivity contribution < 1.29 is 14.3 Å². The first-order valence-electron chi connectivity index (χ1n) is 6.94. The monoisotopic (exact) mass is 340 g/mol. The van der Waals surface area contributed by atoms with E-state index in [0.717, 1.165) is 5.56 Å². The largest absolute Gasteiger partial charge is 0.479 e. The molecular formula is C13H20N6O3S. The number of amides is 1. The summed E-state index contributed by atoms with van der Waals surface area (Å²) in [6, 6.07) is 0. The standard InChI is InChI=1S/C13H20N6O3S/c1-14-10(20)8-23-13-16-15-11(19(13)5-6-21-3)9-7-18(2)17-12(9)22-4/h7H,5-6,8H2,1-4H3,(H,14,20). The molecule has 23 heavy (non-hydrogen) atoms. The zero-order chi connectivity index (χ0) is 16.8. The van der Waals surface area contributed by atoms with Gasteiger partial charge in [0, 0.05) is 27.4 Å². The third-order valence-electron chi connectivity index (χ3n) is 3.08. The van der Waals surface area contributed by atoms with Gasteiger partial charge in [0.15, 0.2) is 11.0 Å². The molecule has 0 aliphatic rings. The van der Waals surface area contributed by atoms with Gasteiger partial charge < -0.3 is 14.8 Å². The first-order chi connectivity index (χ1) is 11.1. The van der Waals surface area contributed by atoms with Crippen LogP contribution in [0.4, 0.5) is 0 Å². The minimum atomic E-state index is -0.0724. The van der Waals surface area contributed by atoms with E-state index in [9.17, 15) is 4.79 Å². The first kappa shape index (κ1) is 17.3. The van der Waals surface area contributed by atoms with E-state index in [2.05, 4.69) is 20.6 Å². The fraction of sp³-hybridized carbons (Fsp3) is 0.538. The smallest absolute Gasteiger partial charge is 0.243 e. The van der Waals surface area contributed by atoms with Crippen molar-refractivity contribution in [3.8, 4) is 17.3 Å². The number of aryl methyl sites for hydroxylation is 1. The molecule has 0 spiro atoms. The SMILES string of the molecule is CNC(=O)CSc1nnc(-c2cn(C)nc2OC)n1CCOC. The molecule has 0 aromatic carbocycles. The highest BCUT2D eigenvalue weighted by molar-refractivity contribution is 7.99. The number of thioether (sulfide) groups is 1. The molecule has 0 unspecified atom stereocenters. The summed E-state index contributed by atoms with van der Waals surface area (Å²) in [6.45, 7) is 1.06. The lowest BCUT2D eigenvalue weighted by Crippen LogP contribution is -2.20. The van der Waals surface area contributed by atoms with Crippen LogP contribution in [0, 0.1) is 0 Å². The van der Waals surface area contributed by atoms with Crippen LogP contribution in [0.15, 0.2) is 11.4 Å². The normalized spacial score (nSPS) is 10.8. The Hall–Kier alpha value is -2.07. The molecular weight excluding hydrogens is 320 g/mol. The van der Waals surface area contributed by atoms with Crippen molar-refractivity contribution in [2.45, 2.75) is 11.7 Å². The van der Waals surface area contributed by atoms with Gasteiger partial charge in [-0.05, 0) is 0 Å². The average Bonchev–Trinajstić information content (AvgIpc) is 3.12. The Kier molecular flexibility index (Phi) is 5.99. The highest BCUT2D eigenvalue weighted by Crippen LogP contribution is 2.29. The minimum absolute atomic E-state index is 0.0724. The van der Waals surface area contributed by atoms with Gasteiger partial charge in [-0.25, -0.2) is 0 Å². The zero-order valence-corrected chi connectivity index (χ0v) is 14.4. The number of hydrogen-bond acceptors (Lipinski definition) is 7. The summed E-state index contributed by atoms with van der Waals surface area (Å²) >= 11 is 1.32. The Bertz CT molecular complexity index is 669. The number of nitrogens with one attached hydrogen (secondary N) is 1. The van der Waals surface area contributed by atoms with Crippen LogP contribution in [0.5, 0.6) is 5.88 Å². The van der Waals surface area contributed by atoms with Gasteiger partial charge in [-0.2, -0.15) is 0 Å². The minimum Gasteiger partial charge on any atom is -0.479 e. The molecule has 9 nitrogen and oxygen atoms in total. The van der Waals surface area contributed by atoms with Gasteiger partial charge in [-0.15, -0.1) is 15.3 Å². The van der Waals surface area contributed by atoms with Crippen LogP contribution in [0.25, 0.3) is 11.4 Å². The van der Waals surface area contributed by atoms with Crippen LogP contribution >= 0.6 is 11.8 Å². The third-order valence-corrected chi connectivity index (χ3v) is 4.04. The van der Waals surface area contributed by atoms with Gasteiger partial charge in [-0.1, -0.05) is 11.8 Å². The Labute approximate surface area is 138 Å². The van der Waals surface area contributed by atoms with Crippen molar-refractivity contribution >= 4 is 17.7 Å². The second-order valence-electron chi connectivity index (χ2n) is 4.64. The van der Waals surface area contributed by atoms with Crippen LogP contribution in [0.1, 0.15) is 0 Å². The van der Waals surface area contributed by atoms with Crippen LogP contribution < -0.4 is 10.1 Å².